The van der Waals surface area contributed by atoms with Crippen LogP contribution in [0.3, 0.4) is 0 Å². The molecule has 0 radical (unpaired) electrons. The lowest BCUT2D eigenvalue weighted by atomic mass is 10.0. The van der Waals surface area contributed by atoms with Gasteiger partial charge >= 0.3 is 0 Å². The molecule has 0 bridgehead atoms. The van der Waals surface area contributed by atoms with E-state index in [0.717, 1.165) is 22.4 Å². The zero-order chi connectivity index (χ0) is 12.4. The van der Waals surface area contributed by atoms with Gasteiger partial charge in [0.05, 0.1) is 0 Å². The zero-order valence-electron chi connectivity index (χ0n) is 9.94. The molecule has 2 nitrogen and oxygen atoms in total. The summed E-state index contributed by atoms with van der Waals surface area (Å²) in [7, 11) is 0. The number of halogens is 1. The van der Waals surface area contributed by atoms with E-state index in [9.17, 15) is 0 Å². The number of hydrogen-bond donors (Lipinski definition) is 1. The molecule has 0 spiro atoms. The van der Waals surface area contributed by atoms with Crippen LogP contribution in [0.2, 0.25) is 5.02 Å². The highest BCUT2D eigenvalue weighted by Gasteiger charge is 2.07. The lowest BCUT2D eigenvalue weighted by Gasteiger charge is -2.10. The second kappa shape index (κ2) is 4.86. The van der Waals surface area contributed by atoms with Gasteiger partial charge in [0.2, 0.25) is 0 Å². The van der Waals surface area contributed by atoms with E-state index in [1.54, 1.807) is 6.20 Å². The van der Waals surface area contributed by atoms with Crippen molar-refractivity contribution in [3.05, 3.63) is 52.8 Å². The van der Waals surface area contributed by atoms with Crippen LogP contribution in [0, 0.1) is 6.92 Å². The highest BCUT2D eigenvalue weighted by atomic mass is 35.5. The molecule has 2 N–H and O–H groups in total. The van der Waals surface area contributed by atoms with Crippen LogP contribution in [0.4, 0.5) is 0 Å². The smallest absolute Gasteiger partial charge is 0.0459 e. The minimum absolute atomic E-state index is 0.0456. The van der Waals surface area contributed by atoms with Gasteiger partial charge in [-0.15, -0.1) is 0 Å². The van der Waals surface area contributed by atoms with Crippen molar-refractivity contribution in [2.24, 2.45) is 5.73 Å². The van der Waals surface area contributed by atoms with Crippen molar-refractivity contribution in [3.63, 3.8) is 0 Å². The van der Waals surface area contributed by atoms with Gasteiger partial charge in [0, 0.05) is 23.0 Å². The number of aryl methyl sites for hydroxylation is 1. The van der Waals surface area contributed by atoms with Gasteiger partial charge in [-0.3, -0.25) is 4.98 Å². The van der Waals surface area contributed by atoms with E-state index < -0.39 is 0 Å². The second-order valence-electron chi connectivity index (χ2n) is 4.21. The van der Waals surface area contributed by atoms with Gasteiger partial charge in [-0.1, -0.05) is 23.7 Å². The number of hydrogen-bond acceptors (Lipinski definition) is 2. The van der Waals surface area contributed by atoms with Gasteiger partial charge < -0.3 is 5.73 Å². The van der Waals surface area contributed by atoms with Crippen LogP contribution >= 0.6 is 11.6 Å². The van der Waals surface area contributed by atoms with Crippen LogP contribution in [0.25, 0.3) is 11.1 Å². The Balaban J connectivity index is 2.44. The molecule has 3 heteroatoms. The van der Waals surface area contributed by atoms with Gasteiger partial charge in [-0.05, 0) is 48.7 Å². The summed E-state index contributed by atoms with van der Waals surface area (Å²) in [5, 5.41) is 0.715. The Morgan fingerprint density at radius 3 is 2.47 bits per heavy atom. The molecule has 0 saturated heterocycles. The van der Waals surface area contributed by atoms with E-state index in [1.165, 1.54) is 0 Å². The van der Waals surface area contributed by atoms with E-state index in [-0.39, 0.29) is 6.04 Å². The predicted molar refractivity (Wildman–Crippen MR) is 72.0 cm³/mol. The van der Waals surface area contributed by atoms with Gasteiger partial charge in [-0.2, -0.15) is 0 Å². The maximum Gasteiger partial charge on any atom is 0.0459 e. The Morgan fingerprint density at radius 1 is 1.18 bits per heavy atom. The fourth-order valence-corrected chi connectivity index (χ4v) is 2.15. The summed E-state index contributed by atoms with van der Waals surface area (Å²) in [5.41, 5.74) is 10.0. The minimum atomic E-state index is -0.0456. The van der Waals surface area contributed by atoms with E-state index >= 15 is 0 Å². The fourth-order valence-electron chi connectivity index (χ4n) is 1.80. The average Bonchev–Trinajstić information content (AvgIpc) is 2.28. The Labute approximate surface area is 106 Å². The van der Waals surface area contributed by atoms with Crippen molar-refractivity contribution in [2.75, 3.05) is 0 Å². The number of nitrogens with zero attached hydrogens (tertiary/aromatic N) is 1. The lowest BCUT2D eigenvalue weighted by molar-refractivity contribution is 0.819. The van der Waals surface area contributed by atoms with Crippen molar-refractivity contribution >= 4 is 11.6 Å². The fraction of sp³-hybridized carbons (Fsp3) is 0.214. The summed E-state index contributed by atoms with van der Waals surface area (Å²) in [5.74, 6) is 0. The molecule has 0 aliphatic rings. The molecule has 0 aliphatic heterocycles. The maximum atomic E-state index is 6.22. The minimum Gasteiger partial charge on any atom is -0.324 e. The van der Waals surface area contributed by atoms with Gasteiger partial charge in [-0.25, -0.2) is 0 Å². The molecule has 1 unspecified atom stereocenters. The van der Waals surface area contributed by atoms with Crippen molar-refractivity contribution in [2.45, 2.75) is 19.9 Å². The topological polar surface area (TPSA) is 38.9 Å². The first-order valence-electron chi connectivity index (χ1n) is 5.56. The molecule has 1 atom stereocenters. The monoisotopic (exact) mass is 246 g/mol. The normalized spacial score (nSPS) is 12.5. The third-order valence-corrected chi connectivity index (χ3v) is 3.05. The molecule has 1 heterocycles. The summed E-state index contributed by atoms with van der Waals surface area (Å²) < 4.78 is 0. The van der Waals surface area contributed by atoms with Crippen LogP contribution in [-0.4, -0.2) is 4.98 Å². The van der Waals surface area contributed by atoms with Crippen LogP contribution < -0.4 is 5.73 Å². The number of pyridine rings is 1. The van der Waals surface area contributed by atoms with Crippen LogP contribution in [0.15, 0.2) is 36.5 Å². The molecule has 1 aromatic carbocycles. The number of aromatic nitrogens is 1. The van der Waals surface area contributed by atoms with Gasteiger partial charge in [0.1, 0.15) is 0 Å². The summed E-state index contributed by atoms with van der Waals surface area (Å²) in [6, 6.07) is 9.95. The first-order valence-corrected chi connectivity index (χ1v) is 5.94. The maximum absolute atomic E-state index is 6.22. The number of rotatable bonds is 2. The van der Waals surface area contributed by atoms with Crippen molar-refractivity contribution in [3.8, 4) is 11.1 Å². The molecule has 2 aromatic rings. The molecule has 17 heavy (non-hydrogen) atoms. The number of benzene rings is 1. The van der Waals surface area contributed by atoms with E-state index in [2.05, 4.69) is 4.98 Å². The third kappa shape index (κ3) is 2.65. The molecule has 0 aliphatic carbocycles. The SMILES string of the molecule is Cc1cc(-c2ccc(C(C)N)c(Cl)c2)ccn1. The molecule has 0 amide bonds. The molecular formula is C14H15ClN2. The zero-order valence-corrected chi connectivity index (χ0v) is 10.7. The molecule has 0 saturated carbocycles. The summed E-state index contributed by atoms with van der Waals surface area (Å²) in [6.07, 6.45) is 1.80. The number of nitrogens with two attached hydrogens (primary N) is 1. The largest absolute Gasteiger partial charge is 0.324 e. The first kappa shape index (κ1) is 12.1. The standard InChI is InChI=1S/C14H15ClN2/c1-9-7-12(5-6-17-9)11-3-4-13(10(2)16)14(15)8-11/h3-8,10H,16H2,1-2H3. The Bertz CT molecular complexity index is 535. The van der Waals surface area contributed by atoms with Crippen LogP contribution in [0.5, 0.6) is 0 Å². The summed E-state index contributed by atoms with van der Waals surface area (Å²) in [6.45, 7) is 3.90. The average molecular weight is 247 g/mol. The molecule has 2 rings (SSSR count). The summed E-state index contributed by atoms with van der Waals surface area (Å²) in [4.78, 5) is 4.18. The highest BCUT2D eigenvalue weighted by molar-refractivity contribution is 6.31. The van der Waals surface area contributed by atoms with Crippen molar-refractivity contribution in [1.29, 1.82) is 0 Å². The van der Waals surface area contributed by atoms with Crippen molar-refractivity contribution in [1.82, 2.24) is 4.98 Å². The quantitative estimate of drug-likeness (QED) is 0.877. The van der Waals surface area contributed by atoms with Crippen molar-refractivity contribution < 1.29 is 0 Å². The lowest BCUT2D eigenvalue weighted by Crippen LogP contribution is -2.05. The third-order valence-electron chi connectivity index (χ3n) is 2.72. The Hall–Kier alpha value is -1.38. The second-order valence-corrected chi connectivity index (χ2v) is 4.62. The predicted octanol–water partition coefficient (Wildman–Crippen LogP) is 3.73. The summed E-state index contributed by atoms with van der Waals surface area (Å²) >= 11 is 6.22. The molecule has 0 fully saturated rings. The van der Waals surface area contributed by atoms with Gasteiger partial charge in [0.15, 0.2) is 0 Å². The molecular weight excluding hydrogens is 232 g/mol. The van der Waals surface area contributed by atoms with E-state index in [0.29, 0.717) is 5.02 Å². The Morgan fingerprint density at radius 2 is 1.88 bits per heavy atom. The van der Waals surface area contributed by atoms with Gasteiger partial charge in [0.25, 0.3) is 0 Å². The highest BCUT2D eigenvalue weighted by Crippen LogP contribution is 2.28. The Kier molecular flexibility index (Phi) is 3.46. The van der Waals surface area contributed by atoms with Crippen LogP contribution in [0.1, 0.15) is 24.2 Å². The van der Waals surface area contributed by atoms with E-state index in [1.807, 2.05) is 44.2 Å². The first-order chi connectivity index (χ1) is 8.08. The molecule has 1 aromatic heterocycles. The molecule has 88 valence electrons. The van der Waals surface area contributed by atoms with Crippen LogP contribution in [-0.2, 0) is 0 Å². The van der Waals surface area contributed by atoms with E-state index in [4.69, 9.17) is 17.3 Å².